The van der Waals surface area contributed by atoms with Gasteiger partial charge in [0.1, 0.15) is 0 Å². The largest absolute Gasteiger partial charge is 0.394 e. The molecule has 21 heavy (non-hydrogen) atoms. The summed E-state index contributed by atoms with van der Waals surface area (Å²) in [6.45, 7) is 7.48. The first kappa shape index (κ1) is 16.6. The van der Waals surface area contributed by atoms with Crippen LogP contribution >= 0.6 is 0 Å². The Balaban J connectivity index is 1.75. The first-order valence-electron chi connectivity index (χ1n) is 8.45. The minimum absolute atomic E-state index is 0.0450. The van der Waals surface area contributed by atoms with Crippen LogP contribution in [0.4, 0.5) is 4.79 Å². The fraction of sp³-hybridized carbons (Fsp3) is 0.938. The van der Waals surface area contributed by atoms with Crippen molar-refractivity contribution in [2.75, 3.05) is 26.2 Å². The number of rotatable bonds is 6. The molecule has 1 saturated heterocycles. The number of hydrogen-bond acceptors (Lipinski definition) is 3. The highest BCUT2D eigenvalue weighted by molar-refractivity contribution is 5.74. The summed E-state index contributed by atoms with van der Waals surface area (Å²) in [6, 6.07) is 0.342. The molecule has 0 aromatic carbocycles. The number of urea groups is 1. The smallest absolute Gasteiger partial charge is 0.315 e. The van der Waals surface area contributed by atoms with E-state index in [2.05, 4.69) is 29.4 Å². The molecular weight excluding hydrogens is 266 g/mol. The lowest BCUT2D eigenvalue weighted by Crippen LogP contribution is -2.54. The zero-order chi connectivity index (χ0) is 15.3. The predicted octanol–water partition coefficient (Wildman–Crippen LogP) is 1.71. The molecule has 0 aromatic rings. The van der Waals surface area contributed by atoms with Gasteiger partial charge in [0.15, 0.2) is 0 Å². The number of hydrogen-bond donors (Lipinski definition) is 3. The van der Waals surface area contributed by atoms with E-state index in [1.807, 2.05) is 0 Å². The third kappa shape index (κ3) is 4.58. The van der Waals surface area contributed by atoms with Gasteiger partial charge in [-0.3, -0.25) is 4.90 Å². The molecule has 1 aliphatic heterocycles. The van der Waals surface area contributed by atoms with Crippen LogP contribution in [0, 0.1) is 5.92 Å². The highest BCUT2D eigenvalue weighted by Gasteiger charge is 2.35. The zero-order valence-electron chi connectivity index (χ0n) is 13.5. The van der Waals surface area contributed by atoms with E-state index in [0.717, 1.165) is 45.2 Å². The van der Waals surface area contributed by atoms with E-state index in [4.69, 9.17) is 0 Å². The minimum Gasteiger partial charge on any atom is -0.394 e. The molecular formula is C16H31N3O2. The van der Waals surface area contributed by atoms with Crippen LogP contribution in [0.5, 0.6) is 0 Å². The maximum atomic E-state index is 12.1. The van der Waals surface area contributed by atoms with E-state index in [1.54, 1.807) is 0 Å². The van der Waals surface area contributed by atoms with Gasteiger partial charge in [0, 0.05) is 19.1 Å². The van der Waals surface area contributed by atoms with Gasteiger partial charge in [-0.15, -0.1) is 0 Å². The topological polar surface area (TPSA) is 64.6 Å². The molecule has 2 aliphatic rings. The van der Waals surface area contributed by atoms with Crippen LogP contribution in [0.25, 0.3) is 0 Å². The Morgan fingerprint density at radius 3 is 2.67 bits per heavy atom. The molecule has 2 amide bonds. The second-order valence-corrected chi connectivity index (χ2v) is 7.17. The van der Waals surface area contributed by atoms with E-state index in [1.165, 1.54) is 6.42 Å². The summed E-state index contributed by atoms with van der Waals surface area (Å²) in [5, 5.41) is 15.5. The van der Waals surface area contributed by atoms with E-state index >= 15 is 0 Å². The van der Waals surface area contributed by atoms with Gasteiger partial charge in [-0.25, -0.2) is 4.79 Å². The average Bonchev–Trinajstić information content (AvgIpc) is 3.06. The SMILES string of the molecule is CC(C)CN1CCC[C@H]1CNC(=O)NC1(CO)CCCC1. The highest BCUT2D eigenvalue weighted by Crippen LogP contribution is 2.28. The molecule has 1 aliphatic carbocycles. The zero-order valence-corrected chi connectivity index (χ0v) is 13.5. The monoisotopic (exact) mass is 297 g/mol. The highest BCUT2D eigenvalue weighted by atomic mass is 16.3. The van der Waals surface area contributed by atoms with E-state index in [0.29, 0.717) is 18.5 Å². The van der Waals surface area contributed by atoms with Gasteiger partial charge in [0.2, 0.25) is 0 Å². The molecule has 0 unspecified atom stereocenters. The number of likely N-dealkylation sites (tertiary alicyclic amines) is 1. The van der Waals surface area contributed by atoms with Crippen molar-refractivity contribution in [2.45, 2.75) is 64.0 Å². The molecule has 2 rings (SSSR count). The number of carbonyl (C=O) groups is 1. The summed E-state index contributed by atoms with van der Waals surface area (Å²) in [4.78, 5) is 14.6. The van der Waals surface area contributed by atoms with E-state index in [-0.39, 0.29) is 18.2 Å². The number of nitrogens with one attached hydrogen (secondary N) is 2. The lowest BCUT2D eigenvalue weighted by Gasteiger charge is -2.30. The molecule has 0 spiro atoms. The summed E-state index contributed by atoms with van der Waals surface area (Å²) in [7, 11) is 0. The Morgan fingerprint density at radius 2 is 2.05 bits per heavy atom. The van der Waals surface area contributed by atoms with Crippen LogP contribution < -0.4 is 10.6 Å². The van der Waals surface area contributed by atoms with E-state index < -0.39 is 0 Å². The molecule has 5 nitrogen and oxygen atoms in total. The van der Waals surface area contributed by atoms with Gasteiger partial charge < -0.3 is 15.7 Å². The van der Waals surface area contributed by atoms with Gasteiger partial charge in [0.25, 0.3) is 0 Å². The van der Waals surface area contributed by atoms with Gasteiger partial charge in [-0.1, -0.05) is 26.7 Å². The quantitative estimate of drug-likeness (QED) is 0.699. The van der Waals surface area contributed by atoms with Gasteiger partial charge in [0.05, 0.1) is 12.1 Å². The number of amides is 2. The van der Waals surface area contributed by atoms with Crippen LogP contribution in [-0.2, 0) is 0 Å². The lowest BCUT2D eigenvalue weighted by molar-refractivity contribution is 0.160. The van der Waals surface area contributed by atoms with Crippen LogP contribution in [0.2, 0.25) is 0 Å². The second-order valence-electron chi connectivity index (χ2n) is 7.17. The first-order valence-corrected chi connectivity index (χ1v) is 8.45. The van der Waals surface area contributed by atoms with Crippen molar-refractivity contribution in [3.63, 3.8) is 0 Å². The molecule has 0 radical (unpaired) electrons. The normalized spacial score (nSPS) is 25.4. The Bertz CT molecular complexity index is 340. The standard InChI is InChI=1S/C16H31N3O2/c1-13(2)11-19-9-5-6-14(19)10-17-15(21)18-16(12-20)7-3-4-8-16/h13-14,20H,3-12H2,1-2H3,(H2,17,18,21)/t14-/m0/s1. The van der Waals surface area contributed by atoms with Crippen molar-refractivity contribution in [3.8, 4) is 0 Å². The molecule has 1 heterocycles. The molecule has 122 valence electrons. The predicted molar refractivity (Wildman–Crippen MR) is 84.3 cm³/mol. The average molecular weight is 297 g/mol. The summed E-state index contributed by atoms with van der Waals surface area (Å²) in [5.74, 6) is 0.663. The van der Waals surface area contributed by atoms with Crippen molar-refractivity contribution < 1.29 is 9.90 Å². The third-order valence-corrected chi connectivity index (χ3v) is 4.84. The fourth-order valence-corrected chi connectivity index (χ4v) is 3.71. The molecule has 0 aromatic heterocycles. The number of aliphatic hydroxyl groups excluding tert-OH is 1. The van der Waals surface area contributed by atoms with Crippen LogP contribution in [0.3, 0.4) is 0 Å². The Labute approximate surface area is 128 Å². The van der Waals surface area contributed by atoms with Gasteiger partial charge >= 0.3 is 6.03 Å². The van der Waals surface area contributed by atoms with E-state index in [9.17, 15) is 9.90 Å². The van der Waals surface area contributed by atoms with Crippen LogP contribution in [0.1, 0.15) is 52.4 Å². The van der Waals surface area contributed by atoms with Gasteiger partial charge in [-0.2, -0.15) is 0 Å². The molecule has 3 N–H and O–H groups in total. The van der Waals surface area contributed by atoms with Crippen LogP contribution in [0.15, 0.2) is 0 Å². The minimum atomic E-state index is -0.378. The second kappa shape index (κ2) is 7.45. The molecule has 2 fully saturated rings. The number of nitrogens with zero attached hydrogens (tertiary/aromatic N) is 1. The van der Waals surface area contributed by atoms with Crippen LogP contribution in [-0.4, -0.2) is 53.9 Å². The summed E-state index contributed by atoms with van der Waals surface area (Å²) < 4.78 is 0. The summed E-state index contributed by atoms with van der Waals surface area (Å²) in [5.41, 5.74) is -0.378. The maximum absolute atomic E-state index is 12.1. The summed E-state index contributed by atoms with van der Waals surface area (Å²) >= 11 is 0. The Hall–Kier alpha value is -0.810. The van der Waals surface area contributed by atoms with Crippen molar-refractivity contribution >= 4 is 6.03 Å². The molecule has 0 bridgehead atoms. The first-order chi connectivity index (χ1) is 10.0. The maximum Gasteiger partial charge on any atom is 0.315 e. The number of carbonyl (C=O) groups excluding carboxylic acids is 1. The summed E-state index contributed by atoms with van der Waals surface area (Å²) in [6.07, 6.45) is 6.34. The lowest BCUT2D eigenvalue weighted by atomic mass is 9.99. The van der Waals surface area contributed by atoms with Crippen molar-refractivity contribution in [2.24, 2.45) is 5.92 Å². The fourth-order valence-electron chi connectivity index (χ4n) is 3.71. The Kier molecular flexibility index (Phi) is 5.88. The van der Waals surface area contributed by atoms with Crippen molar-refractivity contribution in [1.29, 1.82) is 0 Å². The van der Waals surface area contributed by atoms with Gasteiger partial charge in [-0.05, 0) is 38.1 Å². The molecule has 1 saturated carbocycles. The Morgan fingerprint density at radius 1 is 1.33 bits per heavy atom. The molecule has 1 atom stereocenters. The third-order valence-electron chi connectivity index (χ3n) is 4.84. The molecule has 5 heteroatoms. The number of aliphatic hydroxyl groups is 1. The van der Waals surface area contributed by atoms with Crippen molar-refractivity contribution in [3.05, 3.63) is 0 Å². The van der Waals surface area contributed by atoms with Crippen molar-refractivity contribution in [1.82, 2.24) is 15.5 Å².